The zero-order valence-electron chi connectivity index (χ0n) is 9.56. The van der Waals surface area contributed by atoms with Gasteiger partial charge in [0.05, 0.1) is 6.10 Å². The number of rotatable bonds is 2. The second-order valence-corrected chi connectivity index (χ2v) is 5.11. The zero-order chi connectivity index (χ0) is 12.4. The lowest BCUT2D eigenvalue weighted by atomic mass is 10.1. The van der Waals surface area contributed by atoms with Crippen LogP contribution in [0.4, 0.5) is 0 Å². The van der Waals surface area contributed by atoms with E-state index < -0.39 is 0 Å². The number of aliphatic hydroxyl groups is 1. The molecule has 0 bridgehead atoms. The average Bonchev–Trinajstić information content (AvgIpc) is 2.23. The number of hydrogen-bond donors (Lipinski definition) is 1. The molecule has 90 valence electrons. The second kappa shape index (κ2) is 5.02. The number of carbonyl (C=O) groups is 1. The van der Waals surface area contributed by atoms with Crippen molar-refractivity contribution < 1.29 is 9.90 Å². The highest BCUT2D eigenvalue weighted by Crippen LogP contribution is 2.20. The van der Waals surface area contributed by atoms with Crippen LogP contribution in [0.5, 0.6) is 0 Å². The minimum atomic E-state index is -0.349. The van der Waals surface area contributed by atoms with Crippen LogP contribution in [0.1, 0.15) is 11.1 Å². The fraction of sp³-hybridized carbons (Fsp3) is 0.308. The maximum atomic E-state index is 11.6. The topological polar surface area (TPSA) is 40.5 Å². The number of nitrogens with zero attached hydrogens (tertiary/aromatic N) is 1. The van der Waals surface area contributed by atoms with Crippen molar-refractivity contribution in [1.29, 1.82) is 0 Å². The lowest BCUT2D eigenvalue weighted by Gasteiger charge is -2.34. The minimum absolute atomic E-state index is 0.0530. The van der Waals surface area contributed by atoms with Gasteiger partial charge in [-0.05, 0) is 30.2 Å². The number of halogens is 1. The summed E-state index contributed by atoms with van der Waals surface area (Å²) in [6.07, 6.45) is 2.98. The Morgan fingerprint density at radius 3 is 2.82 bits per heavy atom. The van der Waals surface area contributed by atoms with Crippen molar-refractivity contribution in [1.82, 2.24) is 4.90 Å². The van der Waals surface area contributed by atoms with E-state index in [0.717, 1.165) is 10.0 Å². The van der Waals surface area contributed by atoms with Crippen LogP contribution in [-0.4, -0.2) is 35.1 Å². The smallest absolute Gasteiger partial charge is 0.246 e. The van der Waals surface area contributed by atoms with Crippen molar-refractivity contribution in [2.75, 3.05) is 13.1 Å². The van der Waals surface area contributed by atoms with Crippen molar-refractivity contribution >= 4 is 27.9 Å². The molecule has 1 amide bonds. The van der Waals surface area contributed by atoms with E-state index in [-0.39, 0.29) is 12.0 Å². The summed E-state index contributed by atoms with van der Waals surface area (Å²) in [4.78, 5) is 13.2. The van der Waals surface area contributed by atoms with E-state index in [0.29, 0.717) is 13.1 Å². The highest BCUT2D eigenvalue weighted by molar-refractivity contribution is 9.10. The summed E-state index contributed by atoms with van der Waals surface area (Å²) in [6, 6.07) is 5.98. The normalized spacial score (nSPS) is 16.3. The summed E-state index contributed by atoms with van der Waals surface area (Å²) in [6.45, 7) is 2.90. The molecular weight excluding hydrogens is 282 g/mol. The predicted molar refractivity (Wildman–Crippen MR) is 70.5 cm³/mol. The molecule has 1 aromatic carbocycles. The van der Waals surface area contributed by atoms with Gasteiger partial charge in [-0.15, -0.1) is 0 Å². The lowest BCUT2D eigenvalue weighted by Crippen LogP contribution is -2.52. The largest absolute Gasteiger partial charge is 0.389 e. The van der Waals surface area contributed by atoms with Gasteiger partial charge in [-0.3, -0.25) is 4.79 Å². The standard InChI is InChI=1S/C13H14BrNO2/c1-9-2-3-10(12(14)6-9)4-5-13(17)15-7-11(16)8-15/h2-6,11,16H,7-8H2,1H3. The van der Waals surface area contributed by atoms with Gasteiger partial charge in [-0.25, -0.2) is 0 Å². The monoisotopic (exact) mass is 295 g/mol. The van der Waals surface area contributed by atoms with Crippen LogP contribution in [0.25, 0.3) is 6.08 Å². The quantitative estimate of drug-likeness (QED) is 0.848. The molecule has 3 nitrogen and oxygen atoms in total. The number of carbonyl (C=O) groups excluding carboxylic acids is 1. The molecule has 1 heterocycles. The molecule has 0 spiro atoms. The summed E-state index contributed by atoms with van der Waals surface area (Å²) < 4.78 is 0.977. The summed E-state index contributed by atoms with van der Waals surface area (Å²) in [5, 5.41) is 9.10. The van der Waals surface area contributed by atoms with Crippen LogP contribution in [0, 0.1) is 6.92 Å². The van der Waals surface area contributed by atoms with Gasteiger partial charge in [0, 0.05) is 23.6 Å². The average molecular weight is 296 g/mol. The molecule has 0 radical (unpaired) electrons. The Morgan fingerprint density at radius 2 is 2.24 bits per heavy atom. The third kappa shape index (κ3) is 2.96. The van der Waals surface area contributed by atoms with E-state index >= 15 is 0 Å². The van der Waals surface area contributed by atoms with Crippen molar-refractivity contribution in [3.8, 4) is 0 Å². The maximum Gasteiger partial charge on any atom is 0.246 e. The molecular formula is C13H14BrNO2. The zero-order valence-corrected chi connectivity index (χ0v) is 11.1. The molecule has 1 N–H and O–H groups in total. The Balaban J connectivity index is 2.02. The van der Waals surface area contributed by atoms with Crippen LogP contribution >= 0.6 is 15.9 Å². The summed E-state index contributed by atoms with van der Waals surface area (Å²) in [5.41, 5.74) is 2.15. The Morgan fingerprint density at radius 1 is 1.53 bits per heavy atom. The van der Waals surface area contributed by atoms with E-state index in [4.69, 9.17) is 5.11 Å². The summed E-state index contributed by atoms with van der Waals surface area (Å²) >= 11 is 3.46. The van der Waals surface area contributed by atoms with E-state index in [2.05, 4.69) is 15.9 Å². The molecule has 0 aliphatic carbocycles. The molecule has 0 saturated carbocycles. The highest BCUT2D eigenvalue weighted by atomic mass is 79.9. The summed E-state index contributed by atoms with van der Waals surface area (Å²) in [7, 11) is 0. The fourth-order valence-corrected chi connectivity index (χ4v) is 2.29. The van der Waals surface area contributed by atoms with Crippen molar-refractivity contribution in [3.05, 3.63) is 39.9 Å². The molecule has 1 aliphatic heterocycles. The molecule has 1 aliphatic rings. The Kier molecular flexibility index (Phi) is 3.64. The molecule has 2 rings (SSSR count). The maximum absolute atomic E-state index is 11.6. The van der Waals surface area contributed by atoms with Crippen molar-refractivity contribution in [2.45, 2.75) is 13.0 Å². The number of amides is 1. The van der Waals surface area contributed by atoms with E-state index in [1.54, 1.807) is 17.1 Å². The Labute approximate surface area is 109 Å². The van der Waals surface area contributed by atoms with Gasteiger partial charge in [0.1, 0.15) is 0 Å². The Hall–Kier alpha value is -1.13. The van der Waals surface area contributed by atoms with Crippen LogP contribution in [0.15, 0.2) is 28.7 Å². The number of β-amino-alcohol motifs (C(OH)–C–C–N with tert-alkyl or cyclic N) is 1. The molecule has 0 unspecified atom stereocenters. The molecule has 1 fully saturated rings. The van der Waals surface area contributed by atoms with Gasteiger partial charge in [-0.2, -0.15) is 0 Å². The van der Waals surface area contributed by atoms with Crippen LogP contribution in [0.3, 0.4) is 0 Å². The number of aryl methyl sites for hydroxylation is 1. The van der Waals surface area contributed by atoms with Gasteiger partial charge in [-0.1, -0.05) is 28.1 Å². The third-order valence-corrected chi connectivity index (χ3v) is 3.42. The van der Waals surface area contributed by atoms with E-state index in [1.807, 2.05) is 25.1 Å². The fourth-order valence-electron chi connectivity index (χ4n) is 1.67. The lowest BCUT2D eigenvalue weighted by molar-refractivity contribution is -0.135. The van der Waals surface area contributed by atoms with Crippen LogP contribution in [0.2, 0.25) is 0 Å². The first-order chi connectivity index (χ1) is 8.06. The first-order valence-electron chi connectivity index (χ1n) is 5.47. The predicted octanol–water partition coefficient (Wildman–Crippen LogP) is 1.97. The van der Waals surface area contributed by atoms with Gasteiger partial charge < -0.3 is 10.0 Å². The minimum Gasteiger partial charge on any atom is -0.389 e. The molecule has 1 saturated heterocycles. The first kappa shape index (κ1) is 12.3. The Bertz CT molecular complexity index is 464. The van der Waals surface area contributed by atoms with E-state index in [1.165, 1.54) is 5.56 Å². The molecule has 0 atom stereocenters. The number of benzene rings is 1. The second-order valence-electron chi connectivity index (χ2n) is 4.26. The van der Waals surface area contributed by atoms with Crippen molar-refractivity contribution in [2.24, 2.45) is 0 Å². The number of likely N-dealkylation sites (tertiary alicyclic amines) is 1. The van der Waals surface area contributed by atoms with Gasteiger partial charge in [0.25, 0.3) is 0 Å². The summed E-state index contributed by atoms with van der Waals surface area (Å²) in [5.74, 6) is -0.0530. The number of hydrogen-bond acceptors (Lipinski definition) is 2. The molecule has 0 aromatic heterocycles. The number of aliphatic hydroxyl groups excluding tert-OH is 1. The molecule has 1 aromatic rings. The first-order valence-corrected chi connectivity index (χ1v) is 6.27. The van der Waals surface area contributed by atoms with Gasteiger partial charge in [0.15, 0.2) is 0 Å². The van der Waals surface area contributed by atoms with Crippen LogP contribution < -0.4 is 0 Å². The van der Waals surface area contributed by atoms with Crippen LogP contribution in [-0.2, 0) is 4.79 Å². The third-order valence-electron chi connectivity index (χ3n) is 2.74. The van der Waals surface area contributed by atoms with Gasteiger partial charge >= 0.3 is 0 Å². The SMILES string of the molecule is Cc1ccc(C=CC(=O)N2CC(O)C2)c(Br)c1. The van der Waals surface area contributed by atoms with Gasteiger partial charge in [0.2, 0.25) is 5.91 Å². The van der Waals surface area contributed by atoms with E-state index in [9.17, 15) is 4.79 Å². The van der Waals surface area contributed by atoms with Crippen molar-refractivity contribution in [3.63, 3.8) is 0 Å². The molecule has 4 heteroatoms. The molecule has 17 heavy (non-hydrogen) atoms. The highest BCUT2D eigenvalue weighted by Gasteiger charge is 2.26.